The number of nitrogens with one attached hydrogen (secondary N) is 2. The Morgan fingerprint density at radius 2 is 2.24 bits per heavy atom. The Bertz CT molecular complexity index is 534. The van der Waals surface area contributed by atoms with Crippen LogP contribution in [0.5, 0.6) is 0 Å². The van der Waals surface area contributed by atoms with Crippen molar-refractivity contribution in [3.8, 4) is 0 Å². The summed E-state index contributed by atoms with van der Waals surface area (Å²) >= 11 is 0. The Morgan fingerprint density at radius 1 is 1.41 bits per heavy atom. The predicted octanol–water partition coefficient (Wildman–Crippen LogP) is 1.11. The highest BCUT2D eigenvalue weighted by molar-refractivity contribution is 6.02. The van der Waals surface area contributed by atoms with E-state index in [1.54, 1.807) is 49.4 Å². The van der Waals surface area contributed by atoms with Gasteiger partial charge in [0.25, 0.3) is 5.91 Å². The number of pyridine rings is 1. The Kier molecular flexibility index (Phi) is 3.04. The molecule has 0 saturated carbocycles. The first kappa shape index (κ1) is 11.1. The van der Waals surface area contributed by atoms with Crippen LogP contribution in [0.4, 0.5) is 11.5 Å². The van der Waals surface area contributed by atoms with Gasteiger partial charge in [-0.05, 0) is 12.1 Å². The van der Waals surface area contributed by atoms with Gasteiger partial charge >= 0.3 is 0 Å². The number of hydrogen-bond acceptors (Lipinski definition) is 4. The highest BCUT2D eigenvalue weighted by atomic mass is 16.1. The molecule has 1 amide bonds. The second kappa shape index (κ2) is 4.65. The predicted molar refractivity (Wildman–Crippen MR) is 64.9 cm³/mol. The average Bonchev–Trinajstić information content (AvgIpc) is 2.75. The second-order valence-electron chi connectivity index (χ2n) is 3.51. The van der Waals surface area contributed by atoms with Crippen molar-refractivity contribution in [1.82, 2.24) is 14.8 Å². The summed E-state index contributed by atoms with van der Waals surface area (Å²) in [5.41, 5.74) is 1.01. The van der Waals surface area contributed by atoms with Crippen LogP contribution in [-0.2, 0) is 7.05 Å². The number of hydrogen-bond donors (Lipinski definition) is 2. The van der Waals surface area contributed by atoms with Crippen molar-refractivity contribution in [2.45, 2.75) is 0 Å². The van der Waals surface area contributed by atoms with E-state index in [2.05, 4.69) is 20.7 Å². The van der Waals surface area contributed by atoms with Crippen molar-refractivity contribution in [1.29, 1.82) is 0 Å². The molecule has 0 fully saturated rings. The standard InChI is InChI=1S/C11H13N5O/c1-12-10-5-3-4-9(15-10)11(17)14-8-6-13-16(2)7-8/h3-7H,1-2H3,(H,12,15)(H,14,17). The van der Waals surface area contributed by atoms with Crippen LogP contribution in [0.15, 0.2) is 30.6 Å². The molecule has 2 aromatic heterocycles. The third-order valence-corrected chi connectivity index (χ3v) is 2.20. The second-order valence-corrected chi connectivity index (χ2v) is 3.51. The lowest BCUT2D eigenvalue weighted by Crippen LogP contribution is -2.13. The molecular weight excluding hydrogens is 218 g/mol. The molecule has 6 heteroatoms. The van der Waals surface area contributed by atoms with Gasteiger partial charge in [0.05, 0.1) is 11.9 Å². The fourth-order valence-corrected chi connectivity index (χ4v) is 1.38. The fourth-order valence-electron chi connectivity index (χ4n) is 1.38. The monoisotopic (exact) mass is 231 g/mol. The highest BCUT2D eigenvalue weighted by Gasteiger charge is 2.08. The van der Waals surface area contributed by atoms with Crippen molar-refractivity contribution in [2.75, 3.05) is 17.7 Å². The number of amides is 1. The summed E-state index contributed by atoms with van der Waals surface area (Å²) in [4.78, 5) is 16.0. The first-order chi connectivity index (χ1) is 8.19. The largest absolute Gasteiger partial charge is 0.373 e. The molecule has 2 heterocycles. The molecule has 0 aromatic carbocycles. The molecule has 17 heavy (non-hydrogen) atoms. The van der Waals surface area contributed by atoms with Crippen molar-refractivity contribution in [3.63, 3.8) is 0 Å². The summed E-state index contributed by atoms with van der Waals surface area (Å²) in [5, 5.41) is 9.57. The molecule has 0 bridgehead atoms. The minimum Gasteiger partial charge on any atom is -0.373 e. The molecule has 2 N–H and O–H groups in total. The molecule has 2 rings (SSSR count). The maximum atomic E-state index is 11.9. The third kappa shape index (κ3) is 2.60. The molecule has 0 aliphatic rings. The Morgan fingerprint density at radius 3 is 2.88 bits per heavy atom. The van der Waals surface area contributed by atoms with Gasteiger partial charge in [-0.2, -0.15) is 5.10 Å². The van der Waals surface area contributed by atoms with Crippen LogP contribution in [-0.4, -0.2) is 27.7 Å². The number of aromatic nitrogens is 3. The van der Waals surface area contributed by atoms with E-state index in [1.165, 1.54) is 0 Å². The quantitative estimate of drug-likeness (QED) is 0.830. The van der Waals surface area contributed by atoms with Gasteiger partial charge in [-0.15, -0.1) is 0 Å². The molecule has 0 aliphatic carbocycles. The maximum absolute atomic E-state index is 11.9. The van der Waals surface area contributed by atoms with E-state index in [4.69, 9.17) is 0 Å². The molecule has 0 atom stereocenters. The van der Waals surface area contributed by atoms with E-state index in [-0.39, 0.29) is 5.91 Å². The van der Waals surface area contributed by atoms with Crippen LogP contribution in [0.3, 0.4) is 0 Å². The molecular formula is C11H13N5O. The smallest absolute Gasteiger partial charge is 0.274 e. The van der Waals surface area contributed by atoms with Gasteiger partial charge in [0.2, 0.25) is 0 Å². The van der Waals surface area contributed by atoms with Crippen molar-refractivity contribution < 1.29 is 4.79 Å². The Hall–Kier alpha value is -2.37. The summed E-state index contributed by atoms with van der Waals surface area (Å²) in [7, 11) is 3.54. The van der Waals surface area contributed by atoms with E-state index < -0.39 is 0 Å². The van der Waals surface area contributed by atoms with Crippen LogP contribution >= 0.6 is 0 Å². The minimum atomic E-state index is -0.255. The lowest BCUT2D eigenvalue weighted by atomic mass is 10.3. The topological polar surface area (TPSA) is 71.8 Å². The SMILES string of the molecule is CNc1cccc(C(=O)Nc2cnn(C)c2)n1. The number of aryl methyl sites for hydroxylation is 1. The van der Waals surface area contributed by atoms with E-state index in [9.17, 15) is 4.79 Å². The zero-order chi connectivity index (χ0) is 12.3. The van der Waals surface area contributed by atoms with Crippen molar-refractivity contribution in [3.05, 3.63) is 36.3 Å². The normalized spacial score (nSPS) is 10.0. The molecule has 0 spiro atoms. The molecule has 0 saturated heterocycles. The molecule has 0 aliphatic heterocycles. The van der Waals surface area contributed by atoms with Crippen LogP contribution in [0.1, 0.15) is 10.5 Å². The zero-order valence-electron chi connectivity index (χ0n) is 9.64. The van der Waals surface area contributed by atoms with Gasteiger partial charge in [-0.3, -0.25) is 9.48 Å². The highest BCUT2D eigenvalue weighted by Crippen LogP contribution is 2.08. The van der Waals surface area contributed by atoms with Gasteiger partial charge in [0, 0.05) is 20.3 Å². The first-order valence-corrected chi connectivity index (χ1v) is 5.14. The average molecular weight is 231 g/mol. The van der Waals surface area contributed by atoms with Crippen molar-refractivity contribution >= 4 is 17.4 Å². The minimum absolute atomic E-state index is 0.255. The zero-order valence-corrected chi connectivity index (χ0v) is 9.64. The number of rotatable bonds is 3. The third-order valence-electron chi connectivity index (χ3n) is 2.20. The summed E-state index contributed by atoms with van der Waals surface area (Å²) in [6.07, 6.45) is 3.31. The van der Waals surface area contributed by atoms with Gasteiger partial charge in [-0.1, -0.05) is 6.07 Å². The van der Waals surface area contributed by atoms with Crippen molar-refractivity contribution in [2.24, 2.45) is 7.05 Å². The number of nitrogens with zero attached hydrogens (tertiary/aromatic N) is 3. The molecule has 6 nitrogen and oxygen atoms in total. The van der Waals surface area contributed by atoms with Crippen LogP contribution in [0.2, 0.25) is 0 Å². The fraction of sp³-hybridized carbons (Fsp3) is 0.182. The van der Waals surface area contributed by atoms with E-state index in [0.717, 1.165) is 0 Å². The van der Waals surface area contributed by atoms with Gasteiger partial charge in [0.1, 0.15) is 11.5 Å². The molecule has 2 aromatic rings. The van der Waals surface area contributed by atoms with Gasteiger partial charge in [-0.25, -0.2) is 4.98 Å². The molecule has 88 valence electrons. The lowest BCUT2D eigenvalue weighted by molar-refractivity contribution is 0.102. The van der Waals surface area contributed by atoms with Crippen LogP contribution in [0, 0.1) is 0 Å². The number of carbonyl (C=O) groups excluding carboxylic acids is 1. The van der Waals surface area contributed by atoms with Crippen LogP contribution in [0.25, 0.3) is 0 Å². The van der Waals surface area contributed by atoms with E-state index in [0.29, 0.717) is 17.2 Å². The van der Waals surface area contributed by atoms with E-state index in [1.807, 2.05) is 0 Å². The molecule has 0 unspecified atom stereocenters. The van der Waals surface area contributed by atoms with Gasteiger partial charge < -0.3 is 10.6 Å². The summed E-state index contributed by atoms with van der Waals surface area (Å²) in [6, 6.07) is 5.23. The molecule has 0 radical (unpaired) electrons. The summed E-state index contributed by atoms with van der Waals surface area (Å²) in [5.74, 6) is 0.402. The Labute approximate surface area is 98.7 Å². The van der Waals surface area contributed by atoms with Crippen LogP contribution < -0.4 is 10.6 Å². The number of anilines is 2. The Balaban J connectivity index is 2.14. The maximum Gasteiger partial charge on any atom is 0.274 e. The first-order valence-electron chi connectivity index (χ1n) is 5.14. The van der Waals surface area contributed by atoms with E-state index >= 15 is 0 Å². The summed E-state index contributed by atoms with van der Waals surface area (Å²) < 4.78 is 1.62. The number of carbonyl (C=O) groups is 1. The lowest BCUT2D eigenvalue weighted by Gasteiger charge is -2.03. The van der Waals surface area contributed by atoms with Gasteiger partial charge in [0.15, 0.2) is 0 Å². The summed E-state index contributed by atoms with van der Waals surface area (Å²) in [6.45, 7) is 0.